The molecule has 2 aliphatic rings. The first-order chi connectivity index (χ1) is 18.9. The van der Waals surface area contributed by atoms with Crippen LogP contribution < -0.4 is 29.2 Å². The number of nitrogens with zero attached hydrogens (tertiary/aromatic N) is 6. The van der Waals surface area contributed by atoms with Gasteiger partial charge in [-0.2, -0.15) is 5.26 Å². The molecule has 2 aromatic carbocycles. The van der Waals surface area contributed by atoms with Crippen LogP contribution in [0.2, 0.25) is 20.6 Å². The van der Waals surface area contributed by atoms with Crippen molar-refractivity contribution in [1.29, 1.82) is 5.26 Å². The molecule has 0 atom stereocenters. The maximum absolute atomic E-state index is 9.08. The Morgan fingerprint density at radius 3 is 2.13 bits per heavy atom. The second-order valence-corrected chi connectivity index (χ2v) is 9.04. The van der Waals surface area contributed by atoms with Crippen molar-refractivity contribution in [2.24, 2.45) is 0 Å². The summed E-state index contributed by atoms with van der Waals surface area (Å²) in [5.41, 5.74) is 1.12. The molecule has 0 aliphatic carbocycles. The Morgan fingerprint density at radius 1 is 0.795 bits per heavy atom. The molecule has 0 amide bonds. The average molecular weight is 607 g/mol. The summed E-state index contributed by atoms with van der Waals surface area (Å²) in [7, 11) is 0. The molecule has 6 rings (SSSR count). The van der Waals surface area contributed by atoms with Gasteiger partial charge in [-0.15, -0.1) is 0 Å². The molecule has 4 heterocycles. The molecule has 39 heavy (non-hydrogen) atoms. The number of benzene rings is 2. The van der Waals surface area contributed by atoms with E-state index in [9.17, 15) is 0 Å². The Hall–Kier alpha value is -3.95. The minimum Gasteiger partial charge on any atom is -0.454 e. The Labute approximate surface area is 241 Å². The minimum absolute atomic E-state index is 0.0207. The minimum atomic E-state index is 0.0207. The van der Waals surface area contributed by atoms with Crippen molar-refractivity contribution in [2.75, 3.05) is 30.3 Å². The molecule has 0 bridgehead atoms. The molecule has 0 unspecified atom stereocenters. The smallest absolute Gasteiger partial charge is 0.231 e. The third kappa shape index (κ3) is 5.89. The molecule has 1 N–H and O–H groups in total. The van der Waals surface area contributed by atoms with Crippen LogP contribution in [0.1, 0.15) is 0 Å². The largest absolute Gasteiger partial charge is 0.454 e. The van der Waals surface area contributed by atoms with Gasteiger partial charge >= 0.3 is 0 Å². The van der Waals surface area contributed by atoms with Gasteiger partial charge in [0.1, 0.15) is 29.6 Å². The predicted octanol–water partition coefficient (Wildman–Crippen LogP) is 6.43. The van der Waals surface area contributed by atoms with E-state index in [0.717, 1.165) is 0 Å². The predicted molar refractivity (Wildman–Crippen MR) is 145 cm³/mol. The molecule has 11 nitrogen and oxygen atoms in total. The SMILES string of the molecule is Clc1nccc(Nc2c(Cl)ccc3c2OCO3)n1.N#CCN(c1ccnc(Cl)n1)c1c(Cl)ccc2c1OCO2. The molecule has 0 fully saturated rings. The summed E-state index contributed by atoms with van der Waals surface area (Å²) >= 11 is 23.9. The number of ether oxygens (including phenoxy) is 4. The van der Waals surface area contributed by atoms with Gasteiger partial charge in [-0.25, -0.2) is 19.9 Å². The molecule has 0 radical (unpaired) electrons. The van der Waals surface area contributed by atoms with Crippen molar-refractivity contribution in [3.63, 3.8) is 0 Å². The van der Waals surface area contributed by atoms with Gasteiger partial charge in [0.25, 0.3) is 0 Å². The van der Waals surface area contributed by atoms with E-state index in [4.69, 9.17) is 70.6 Å². The van der Waals surface area contributed by atoms with Gasteiger partial charge in [-0.05, 0) is 59.6 Å². The van der Waals surface area contributed by atoms with Crippen molar-refractivity contribution in [3.05, 3.63) is 69.4 Å². The van der Waals surface area contributed by atoms with Crippen LogP contribution in [-0.4, -0.2) is 40.1 Å². The number of rotatable bonds is 5. The zero-order valence-electron chi connectivity index (χ0n) is 19.6. The Morgan fingerprint density at radius 2 is 1.44 bits per heavy atom. The van der Waals surface area contributed by atoms with E-state index in [1.165, 1.54) is 6.20 Å². The Balaban J connectivity index is 0.000000160. The van der Waals surface area contributed by atoms with E-state index in [2.05, 4.69) is 31.3 Å². The van der Waals surface area contributed by atoms with Crippen LogP contribution in [0, 0.1) is 11.3 Å². The third-order valence-corrected chi connectivity index (χ3v) is 6.20. The van der Waals surface area contributed by atoms with Crippen molar-refractivity contribution >= 4 is 69.4 Å². The summed E-state index contributed by atoms with van der Waals surface area (Å²) in [5, 5.41) is 13.3. The topological polar surface area (TPSA) is 128 Å². The van der Waals surface area contributed by atoms with Crippen LogP contribution in [0.5, 0.6) is 23.0 Å². The van der Waals surface area contributed by atoms with Gasteiger partial charge in [-0.1, -0.05) is 23.2 Å². The lowest BCUT2D eigenvalue weighted by molar-refractivity contribution is 0.174. The highest BCUT2D eigenvalue weighted by Crippen LogP contribution is 2.47. The van der Waals surface area contributed by atoms with E-state index in [-0.39, 0.29) is 30.7 Å². The van der Waals surface area contributed by atoms with E-state index >= 15 is 0 Å². The van der Waals surface area contributed by atoms with Crippen molar-refractivity contribution in [2.45, 2.75) is 0 Å². The zero-order chi connectivity index (χ0) is 27.4. The standard InChI is InChI=1S/C13H8Cl2N4O2.C11H7Cl2N3O2/c14-8-1-2-9-12(21-7-20-9)11(8)19(6-4-16)10-3-5-17-13(15)18-10;12-6-1-2-7-10(18-5-17-7)9(6)15-8-3-4-14-11(13)16-8/h1-3,5H,6-7H2;1-4H,5H2,(H,14,15,16). The highest BCUT2D eigenvalue weighted by molar-refractivity contribution is 6.34. The second kappa shape index (κ2) is 11.8. The number of nitriles is 1. The fourth-order valence-electron chi connectivity index (χ4n) is 3.60. The lowest BCUT2D eigenvalue weighted by Crippen LogP contribution is -2.19. The van der Waals surface area contributed by atoms with Crippen LogP contribution in [0.15, 0.2) is 48.8 Å². The lowest BCUT2D eigenvalue weighted by Gasteiger charge is -2.23. The maximum atomic E-state index is 9.08. The summed E-state index contributed by atoms with van der Waals surface area (Å²) in [6, 6.07) is 12.2. The van der Waals surface area contributed by atoms with Crippen LogP contribution >= 0.6 is 46.4 Å². The van der Waals surface area contributed by atoms with E-state index in [1.54, 1.807) is 47.5 Å². The molecular weight excluding hydrogens is 592 g/mol. The molecule has 2 aliphatic heterocycles. The zero-order valence-corrected chi connectivity index (χ0v) is 22.6. The summed E-state index contributed by atoms with van der Waals surface area (Å²) in [6.45, 7) is 0.301. The highest BCUT2D eigenvalue weighted by Gasteiger charge is 2.26. The number of fused-ring (bicyclic) bond motifs is 2. The molecule has 0 spiro atoms. The number of halogens is 4. The van der Waals surface area contributed by atoms with E-state index in [0.29, 0.717) is 56.1 Å². The molecular formula is C24H15Cl4N7O4. The van der Waals surface area contributed by atoms with E-state index < -0.39 is 0 Å². The molecule has 2 aromatic heterocycles. The van der Waals surface area contributed by atoms with Crippen LogP contribution in [-0.2, 0) is 0 Å². The van der Waals surface area contributed by atoms with Gasteiger partial charge in [0.05, 0.1) is 16.1 Å². The number of anilines is 4. The van der Waals surface area contributed by atoms with Crippen molar-refractivity contribution in [3.8, 4) is 29.1 Å². The number of hydrogen-bond donors (Lipinski definition) is 1. The first-order valence-corrected chi connectivity index (χ1v) is 12.5. The fraction of sp³-hybridized carbons (Fsp3) is 0.125. The van der Waals surface area contributed by atoms with Gasteiger partial charge in [0.2, 0.25) is 24.2 Å². The monoisotopic (exact) mass is 605 g/mol. The van der Waals surface area contributed by atoms with Gasteiger partial charge in [0, 0.05) is 12.4 Å². The van der Waals surface area contributed by atoms with Crippen LogP contribution in [0.4, 0.5) is 23.0 Å². The average Bonchev–Trinajstić information content (AvgIpc) is 3.60. The quantitative estimate of drug-likeness (QED) is 0.199. The Kier molecular flexibility index (Phi) is 8.09. The molecule has 4 aromatic rings. The highest BCUT2D eigenvalue weighted by atomic mass is 35.5. The molecule has 15 heteroatoms. The number of hydrogen-bond acceptors (Lipinski definition) is 11. The first kappa shape index (κ1) is 26.6. The summed E-state index contributed by atoms with van der Waals surface area (Å²) < 4.78 is 21.4. The molecule has 198 valence electrons. The normalized spacial score (nSPS) is 12.3. The number of nitrogens with one attached hydrogen (secondary N) is 1. The Bertz CT molecular complexity index is 1570. The number of aromatic nitrogens is 4. The van der Waals surface area contributed by atoms with Gasteiger partial charge in [0.15, 0.2) is 23.0 Å². The molecule has 0 saturated carbocycles. The summed E-state index contributed by atoms with van der Waals surface area (Å²) in [4.78, 5) is 17.4. The maximum Gasteiger partial charge on any atom is 0.231 e. The van der Waals surface area contributed by atoms with Gasteiger partial charge in [-0.3, -0.25) is 0 Å². The second-order valence-electron chi connectivity index (χ2n) is 7.55. The lowest BCUT2D eigenvalue weighted by atomic mass is 10.2. The molecule has 0 saturated heterocycles. The van der Waals surface area contributed by atoms with Gasteiger partial charge < -0.3 is 29.2 Å². The van der Waals surface area contributed by atoms with Crippen LogP contribution in [0.25, 0.3) is 0 Å². The first-order valence-electron chi connectivity index (χ1n) is 11.0. The van der Waals surface area contributed by atoms with Crippen LogP contribution in [0.3, 0.4) is 0 Å². The van der Waals surface area contributed by atoms with E-state index in [1.807, 2.05) is 0 Å². The van der Waals surface area contributed by atoms with Crippen molar-refractivity contribution in [1.82, 2.24) is 19.9 Å². The third-order valence-electron chi connectivity index (χ3n) is 5.22. The fourth-order valence-corrected chi connectivity index (χ4v) is 4.34. The summed E-state index contributed by atoms with van der Waals surface area (Å²) in [5.74, 6) is 3.23. The van der Waals surface area contributed by atoms with Crippen molar-refractivity contribution < 1.29 is 18.9 Å². The summed E-state index contributed by atoms with van der Waals surface area (Å²) in [6.07, 6.45) is 3.05.